The standard InChI is InChI=1S/C28H33ClN6O6S/c1-28(2,3)18-13-20(25(40-4)21(14-18)34-42(5,38)39)33-26(36)17-6-7-19(29)23(12-17)41-24-15-22(31-16-32-24)27(37)35-10-8-30-9-11-35/h6-7,12-16,30,34H,8-11H2,1-5H3,(H,33,36). The molecule has 0 atom stereocenters. The molecule has 4 rings (SSSR count). The second-order valence-corrected chi connectivity index (χ2v) is 12.9. The number of anilines is 2. The van der Waals surface area contributed by atoms with Crippen LogP contribution in [0, 0.1) is 0 Å². The molecule has 0 aliphatic carbocycles. The molecule has 2 aromatic carbocycles. The molecule has 2 amide bonds. The van der Waals surface area contributed by atoms with Crippen LogP contribution < -0.4 is 24.8 Å². The fourth-order valence-electron chi connectivity index (χ4n) is 4.22. The second-order valence-electron chi connectivity index (χ2n) is 10.7. The number of nitrogens with zero attached hydrogens (tertiary/aromatic N) is 3. The molecule has 2 heterocycles. The number of hydrogen-bond acceptors (Lipinski definition) is 9. The summed E-state index contributed by atoms with van der Waals surface area (Å²) in [5.41, 5.74) is 1.23. The highest BCUT2D eigenvalue weighted by Crippen LogP contribution is 2.39. The third-order valence-corrected chi connectivity index (χ3v) is 7.28. The first-order chi connectivity index (χ1) is 19.7. The van der Waals surface area contributed by atoms with E-state index in [0.717, 1.165) is 11.8 Å². The molecule has 0 unspecified atom stereocenters. The van der Waals surface area contributed by atoms with Gasteiger partial charge in [0, 0.05) is 37.8 Å². The van der Waals surface area contributed by atoms with Crippen LogP contribution in [0.15, 0.2) is 42.7 Å². The van der Waals surface area contributed by atoms with Crippen LogP contribution in [0.1, 0.15) is 47.2 Å². The number of nitrogens with one attached hydrogen (secondary N) is 3. The first kappa shape index (κ1) is 31.0. The maximum atomic E-state index is 13.4. The molecule has 0 bridgehead atoms. The van der Waals surface area contributed by atoms with Crippen molar-refractivity contribution in [2.75, 3.05) is 49.6 Å². The van der Waals surface area contributed by atoms with Crippen LogP contribution in [-0.2, 0) is 15.4 Å². The van der Waals surface area contributed by atoms with Crippen molar-refractivity contribution in [1.29, 1.82) is 0 Å². The van der Waals surface area contributed by atoms with Crippen LogP contribution >= 0.6 is 11.6 Å². The highest BCUT2D eigenvalue weighted by atomic mass is 35.5. The molecule has 224 valence electrons. The van der Waals surface area contributed by atoms with Gasteiger partial charge in [-0.3, -0.25) is 14.3 Å². The minimum atomic E-state index is -3.64. The molecule has 0 radical (unpaired) electrons. The quantitative estimate of drug-likeness (QED) is 0.342. The van der Waals surface area contributed by atoms with Gasteiger partial charge in [0.2, 0.25) is 15.9 Å². The van der Waals surface area contributed by atoms with Gasteiger partial charge >= 0.3 is 0 Å². The molecule has 1 aliphatic rings. The monoisotopic (exact) mass is 616 g/mol. The average molecular weight is 617 g/mol. The Morgan fingerprint density at radius 2 is 1.74 bits per heavy atom. The maximum absolute atomic E-state index is 13.4. The van der Waals surface area contributed by atoms with Crippen LogP contribution in [0.4, 0.5) is 11.4 Å². The van der Waals surface area contributed by atoms with Crippen molar-refractivity contribution < 1.29 is 27.5 Å². The molecule has 1 aliphatic heterocycles. The predicted octanol–water partition coefficient (Wildman–Crippen LogP) is 3.90. The zero-order chi connectivity index (χ0) is 30.7. The Morgan fingerprint density at radius 1 is 1.05 bits per heavy atom. The van der Waals surface area contributed by atoms with E-state index in [4.69, 9.17) is 21.1 Å². The van der Waals surface area contributed by atoms with E-state index in [1.807, 2.05) is 20.8 Å². The van der Waals surface area contributed by atoms with E-state index in [-0.39, 0.29) is 56.4 Å². The van der Waals surface area contributed by atoms with E-state index in [2.05, 4.69) is 25.3 Å². The molecule has 1 fully saturated rings. The highest BCUT2D eigenvalue weighted by molar-refractivity contribution is 7.92. The third-order valence-electron chi connectivity index (χ3n) is 6.38. The van der Waals surface area contributed by atoms with Gasteiger partial charge in [-0.2, -0.15) is 0 Å². The van der Waals surface area contributed by atoms with Gasteiger partial charge in [0.25, 0.3) is 11.8 Å². The van der Waals surface area contributed by atoms with E-state index >= 15 is 0 Å². The topological polar surface area (TPSA) is 152 Å². The number of methoxy groups -OCH3 is 1. The SMILES string of the molecule is COc1c(NC(=O)c2ccc(Cl)c(Oc3cc(C(=O)N4CCNCC4)ncn3)c2)cc(C(C)(C)C)cc1NS(C)(=O)=O. The lowest BCUT2D eigenvalue weighted by atomic mass is 9.86. The minimum absolute atomic E-state index is 0.0824. The van der Waals surface area contributed by atoms with Gasteiger partial charge in [0.05, 0.1) is 29.8 Å². The Bertz CT molecular complexity index is 1600. The number of carbonyl (C=O) groups is 2. The number of benzene rings is 2. The number of rotatable bonds is 8. The first-order valence-corrected chi connectivity index (χ1v) is 15.3. The van der Waals surface area contributed by atoms with Crippen LogP contribution in [0.5, 0.6) is 17.4 Å². The molecule has 3 aromatic rings. The molecule has 42 heavy (non-hydrogen) atoms. The number of carbonyl (C=O) groups excluding carboxylic acids is 2. The van der Waals surface area contributed by atoms with Gasteiger partial charge in [0.15, 0.2) is 5.75 Å². The molecule has 14 heteroatoms. The molecule has 3 N–H and O–H groups in total. The lowest BCUT2D eigenvalue weighted by Gasteiger charge is -2.27. The Labute approximate surface area is 249 Å². The largest absolute Gasteiger partial charge is 0.492 e. The van der Waals surface area contributed by atoms with Gasteiger partial charge in [-0.1, -0.05) is 32.4 Å². The summed E-state index contributed by atoms with van der Waals surface area (Å²) in [7, 11) is -2.25. The summed E-state index contributed by atoms with van der Waals surface area (Å²) >= 11 is 6.37. The number of piperazine rings is 1. The van der Waals surface area contributed by atoms with Crippen molar-refractivity contribution in [3.05, 3.63) is 64.6 Å². The molecule has 0 spiro atoms. The molecular formula is C28H33ClN6O6S. The van der Waals surface area contributed by atoms with Crippen molar-refractivity contribution in [3.8, 4) is 17.4 Å². The van der Waals surface area contributed by atoms with Crippen molar-refractivity contribution in [2.24, 2.45) is 0 Å². The van der Waals surface area contributed by atoms with Crippen molar-refractivity contribution >= 4 is 44.8 Å². The fourth-order valence-corrected chi connectivity index (χ4v) is 4.93. The molecule has 1 saturated heterocycles. The van der Waals surface area contributed by atoms with Gasteiger partial charge < -0.3 is 25.0 Å². The lowest BCUT2D eigenvalue weighted by Crippen LogP contribution is -2.46. The normalized spacial score (nSPS) is 13.8. The van der Waals surface area contributed by atoms with Gasteiger partial charge in [0.1, 0.15) is 17.8 Å². The van der Waals surface area contributed by atoms with E-state index in [0.29, 0.717) is 26.2 Å². The van der Waals surface area contributed by atoms with Crippen LogP contribution in [-0.4, -0.2) is 74.6 Å². The summed E-state index contributed by atoms with van der Waals surface area (Å²) in [6.45, 7) is 8.42. The van der Waals surface area contributed by atoms with Crippen molar-refractivity contribution in [1.82, 2.24) is 20.2 Å². The van der Waals surface area contributed by atoms with Gasteiger partial charge in [-0.15, -0.1) is 0 Å². The number of halogens is 1. The Balaban J connectivity index is 1.61. The Kier molecular flexibility index (Phi) is 9.24. The Hall–Kier alpha value is -3.94. The number of hydrogen-bond donors (Lipinski definition) is 3. The van der Waals surface area contributed by atoms with Crippen LogP contribution in [0.25, 0.3) is 0 Å². The van der Waals surface area contributed by atoms with Gasteiger partial charge in [-0.25, -0.2) is 18.4 Å². The van der Waals surface area contributed by atoms with Crippen LogP contribution in [0.3, 0.4) is 0 Å². The third kappa shape index (κ3) is 7.66. The van der Waals surface area contributed by atoms with Crippen molar-refractivity contribution in [3.63, 3.8) is 0 Å². The van der Waals surface area contributed by atoms with E-state index in [9.17, 15) is 18.0 Å². The maximum Gasteiger partial charge on any atom is 0.272 e. The van der Waals surface area contributed by atoms with E-state index in [1.165, 1.54) is 37.7 Å². The predicted molar refractivity (Wildman–Crippen MR) is 160 cm³/mol. The Morgan fingerprint density at radius 3 is 2.38 bits per heavy atom. The smallest absolute Gasteiger partial charge is 0.272 e. The average Bonchev–Trinajstić information content (AvgIpc) is 2.93. The molecule has 1 aromatic heterocycles. The second kappa shape index (κ2) is 12.5. The van der Waals surface area contributed by atoms with E-state index in [1.54, 1.807) is 17.0 Å². The number of ether oxygens (including phenoxy) is 2. The van der Waals surface area contributed by atoms with E-state index < -0.39 is 15.9 Å². The van der Waals surface area contributed by atoms with Crippen molar-refractivity contribution in [2.45, 2.75) is 26.2 Å². The first-order valence-electron chi connectivity index (χ1n) is 13.1. The zero-order valence-electron chi connectivity index (χ0n) is 23.9. The summed E-state index contributed by atoms with van der Waals surface area (Å²) in [4.78, 5) is 36.1. The van der Waals surface area contributed by atoms with Crippen LogP contribution in [0.2, 0.25) is 5.02 Å². The summed E-state index contributed by atoms with van der Waals surface area (Å²) in [5, 5.41) is 6.22. The minimum Gasteiger partial charge on any atom is -0.492 e. The molecule has 0 saturated carbocycles. The molecular weight excluding hydrogens is 584 g/mol. The summed E-state index contributed by atoms with van der Waals surface area (Å²) in [5.74, 6) is -0.394. The highest BCUT2D eigenvalue weighted by Gasteiger charge is 2.23. The number of aromatic nitrogens is 2. The summed E-state index contributed by atoms with van der Waals surface area (Å²) in [6, 6.07) is 9.28. The van der Waals surface area contributed by atoms with Gasteiger partial charge in [-0.05, 0) is 41.3 Å². The summed E-state index contributed by atoms with van der Waals surface area (Å²) < 4.78 is 37.9. The zero-order valence-corrected chi connectivity index (χ0v) is 25.5. The fraction of sp³-hybridized carbons (Fsp3) is 0.357. The number of sulfonamides is 1. The number of amides is 2. The molecule has 12 nitrogen and oxygen atoms in total. The lowest BCUT2D eigenvalue weighted by molar-refractivity contribution is 0.0729. The summed E-state index contributed by atoms with van der Waals surface area (Å²) in [6.07, 6.45) is 2.26.